The number of likely N-dealkylation sites (tertiary alicyclic amines) is 2. The summed E-state index contributed by atoms with van der Waals surface area (Å²) in [4.78, 5) is 16.7. The number of nitrogens with one attached hydrogen (secondary N) is 1. The second-order valence-electron chi connectivity index (χ2n) is 6.75. The molecule has 2 aliphatic heterocycles. The maximum absolute atomic E-state index is 12.0. The van der Waals surface area contributed by atoms with E-state index in [1.54, 1.807) is 0 Å². The Morgan fingerprint density at radius 2 is 1.50 bits per heavy atom. The van der Waals surface area contributed by atoms with Crippen molar-refractivity contribution < 1.29 is 4.79 Å². The van der Waals surface area contributed by atoms with E-state index in [1.807, 2.05) is 0 Å². The Labute approximate surface area is 122 Å². The minimum Gasteiger partial charge on any atom is -0.342 e. The number of carbonyl (C=O) groups excluding carboxylic acids is 1. The molecule has 0 unspecified atom stereocenters. The smallest absolute Gasteiger partial charge is 0.225 e. The number of piperidine rings is 2. The number of hydrogen-bond acceptors (Lipinski definition) is 3. The first kappa shape index (κ1) is 14.3. The lowest BCUT2D eigenvalue weighted by atomic mass is 9.99. The quantitative estimate of drug-likeness (QED) is 0.846. The minimum absolute atomic E-state index is 0.387. The van der Waals surface area contributed by atoms with Crippen molar-refractivity contribution in [2.45, 2.75) is 57.5 Å². The monoisotopic (exact) mass is 279 g/mol. The highest BCUT2D eigenvalue weighted by Crippen LogP contribution is 2.32. The fourth-order valence-corrected chi connectivity index (χ4v) is 3.60. The third-order valence-electron chi connectivity index (χ3n) is 5.24. The summed E-state index contributed by atoms with van der Waals surface area (Å²) in [7, 11) is 0. The van der Waals surface area contributed by atoms with E-state index < -0.39 is 0 Å². The first-order valence-electron chi connectivity index (χ1n) is 8.53. The summed E-state index contributed by atoms with van der Waals surface area (Å²) in [6.07, 6.45) is 7.13. The van der Waals surface area contributed by atoms with E-state index in [1.165, 1.54) is 32.5 Å². The second kappa shape index (κ2) is 6.44. The lowest BCUT2D eigenvalue weighted by molar-refractivity contribution is -0.133. The molecule has 1 saturated carbocycles. The van der Waals surface area contributed by atoms with Crippen molar-refractivity contribution in [3.8, 4) is 0 Å². The largest absolute Gasteiger partial charge is 0.342 e. The molecule has 0 aromatic heterocycles. The van der Waals surface area contributed by atoms with Gasteiger partial charge in [0.05, 0.1) is 0 Å². The molecular weight excluding hydrogens is 250 g/mol. The van der Waals surface area contributed by atoms with Crippen LogP contribution >= 0.6 is 0 Å². The molecule has 2 heterocycles. The predicted molar refractivity (Wildman–Crippen MR) is 80.6 cm³/mol. The zero-order chi connectivity index (χ0) is 13.9. The summed E-state index contributed by atoms with van der Waals surface area (Å²) in [6, 6.07) is 1.34. The van der Waals surface area contributed by atoms with Crippen LogP contribution in [0.15, 0.2) is 0 Å². The molecule has 4 heteroatoms. The Morgan fingerprint density at radius 1 is 0.950 bits per heavy atom. The van der Waals surface area contributed by atoms with Crippen molar-refractivity contribution in [2.24, 2.45) is 5.92 Å². The molecular formula is C16H29N3O. The van der Waals surface area contributed by atoms with E-state index in [2.05, 4.69) is 22.0 Å². The summed E-state index contributed by atoms with van der Waals surface area (Å²) in [5.41, 5.74) is 0. The maximum Gasteiger partial charge on any atom is 0.225 e. The van der Waals surface area contributed by atoms with Crippen molar-refractivity contribution in [1.29, 1.82) is 0 Å². The molecule has 3 rings (SSSR count). The molecule has 0 aromatic rings. The summed E-state index contributed by atoms with van der Waals surface area (Å²) in [5, 5.41) is 3.84. The molecule has 0 bridgehead atoms. The zero-order valence-corrected chi connectivity index (χ0v) is 12.8. The van der Waals surface area contributed by atoms with E-state index in [0.29, 0.717) is 23.9 Å². The Morgan fingerprint density at radius 3 is 2.00 bits per heavy atom. The molecule has 1 amide bonds. The fourth-order valence-electron chi connectivity index (χ4n) is 3.60. The van der Waals surface area contributed by atoms with Gasteiger partial charge in [-0.2, -0.15) is 0 Å². The van der Waals surface area contributed by atoms with Crippen LogP contribution in [0.1, 0.15) is 45.4 Å². The van der Waals surface area contributed by atoms with E-state index in [-0.39, 0.29) is 0 Å². The van der Waals surface area contributed by atoms with Crippen molar-refractivity contribution >= 4 is 5.91 Å². The van der Waals surface area contributed by atoms with Crippen molar-refractivity contribution in [3.05, 3.63) is 0 Å². The van der Waals surface area contributed by atoms with Crippen LogP contribution in [0.2, 0.25) is 0 Å². The van der Waals surface area contributed by atoms with Gasteiger partial charge in [0.2, 0.25) is 5.91 Å². The van der Waals surface area contributed by atoms with Gasteiger partial charge in [0.25, 0.3) is 0 Å². The number of nitrogens with zero attached hydrogens (tertiary/aromatic N) is 2. The van der Waals surface area contributed by atoms with Gasteiger partial charge in [-0.25, -0.2) is 0 Å². The van der Waals surface area contributed by atoms with Gasteiger partial charge in [-0.1, -0.05) is 6.92 Å². The summed E-state index contributed by atoms with van der Waals surface area (Å²) in [5.74, 6) is 0.817. The zero-order valence-electron chi connectivity index (χ0n) is 12.8. The molecule has 2 saturated heterocycles. The van der Waals surface area contributed by atoms with Crippen molar-refractivity contribution in [2.75, 3.05) is 32.7 Å². The second-order valence-corrected chi connectivity index (χ2v) is 6.75. The topological polar surface area (TPSA) is 35.6 Å². The summed E-state index contributed by atoms with van der Waals surface area (Å²) >= 11 is 0. The number of hydrogen-bond donors (Lipinski definition) is 1. The lowest BCUT2D eigenvalue weighted by Crippen LogP contribution is -2.50. The number of rotatable bonds is 4. The normalized spacial score (nSPS) is 26.9. The standard InChI is InChI=1S/C16H29N3O/c1-2-18-9-5-14(6-10-18)17-15-7-11-19(12-8-15)16(20)13-3-4-13/h13-15,17H,2-12H2,1H3. The summed E-state index contributed by atoms with van der Waals surface area (Å²) in [6.45, 7) is 7.87. The average molecular weight is 279 g/mol. The summed E-state index contributed by atoms with van der Waals surface area (Å²) < 4.78 is 0. The highest BCUT2D eigenvalue weighted by Gasteiger charge is 2.35. The van der Waals surface area contributed by atoms with Gasteiger partial charge >= 0.3 is 0 Å². The van der Waals surface area contributed by atoms with Gasteiger partial charge in [-0.15, -0.1) is 0 Å². The number of amides is 1. The Bertz CT molecular complexity index is 327. The predicted octanol–water partition coefficient (Wildman–Crippen LogP) is 1.46. The van der Waals surface area contributed by atoms with Gasteiger partial charge in [0.1, 0.15) is 0 Å². The van der Waals surface area contributed by atoms with E-state index in [0.717, 1.165) is 38.8 Å². The molecule has 114 valence electrons. The van der Waals surface area contributed by atoms with Gasteiger partial charge in [-0.3, -0.25) is 4.79 Å². The molecule has 3 fully saturated rings. The third kappa shape index (κ3) is 3.53. The van der Waals surface area contributed by atoms with Crippen LogP contribution in [-0.2, 0) is 4.79 Å². The first-order chi connectivity index (χ1) is 9.76. The van der Waals surface area contributed by atoms with E-state index in [9.17, 15) is 4.79 Å². The molecule has 0 radical (unpaired) electrons. The number of carbonyl (C=O) groups is 1. The highest BCUT2D eigenvalue weighted by atomic mass is 16.2. The molecule has 4 nitrogen and oxygen atoms in total. The molecule has 0 atom stereocenters. The molecule has 20 heavy (non-hydrogen) atoms. The van der Waals surface area contributed by atoms with Crippen LogP contribution in [0.25, 0.3) is 0 Å². The SMILES string of the molecule is CCN1CCC(NC2CCN(C(=O)C3CC3)CC2)CC1. The average Bonchev–Trinajstić information content (AvgIpc) is 3.33. The van der Waals surface area contributed by atoms with Crippen molar-refractivity contribution in [1.82, 2.24) is 15.1 Å². The van der Waals surface area contributed by atoms with Gasteiger partial charge in [0, 0.05) is 31.1 Å². The molecule has 1 N–H and O–H groups in total. The van der Waals surface area contributed by atoms with Crippen LogP contribution < -0.4 is 5.32 Å². The minimum atomic E-state index is 0.387. The molecule has 1 aliphatic carbocycles. The van der Waals surface area contributed by atoms with E-state index in [4.69, 9.17) is 0 Å². The van der Waals surface area contributed by atoms with Crippen LogP contribution in [0, 0.1) is 5.92 Å². The van der Waals surface area contributed by atoms with Crippen LogP contribution in [0.5, 0.6) is 0 Å². The fraction of sp³-hybridized carbons (Fsp3) is 0.938. The van der Waals surface area contributed by atoms with Gasteiger partial charge < -0.3 is 15.1 Å². The van der Waals surface area contributed by atoms with Crippen LogP contribution in [0.3, 0.4) is 0 Å². The van der Waals surface area contributed by atoms with Crippen LogP contribution in [0.4, 0.5) is 0 Å². The molecule has 3 aliphatic rings. The van der Waals surface area contributed by atoms with Gasteiger partial charge in [0.15, 0.2) is 0 Å². The maximum atomic E-state index is 12.0. The van der Waals surface area contributed by atoms with E-state index >= 15 is 0 Å². The lowest BCUT2D eigenvalue weighted by Gasteiger charge is -2.37. The first-order valence-corrected chi connectivity index (χ1v) is 8.53. The molecule has 0 spiro atoms. The molecule has 0 aromatic carbocycles. The highest BCUT2D eigenvalue weighted by molar-refractivity contribution is 5.81. The Hall–Kier alpha value is -0.610. The Balaban J connectivity index is 1.37. The third-order valence-corrected chi connectivity index (χ3v) is 5.24. The Kier molecular flexibility index (Phi) is 4.61. The van der Waals surface area contributed by atoms with Gasteiger partial charge in [-0.05, 0) is 58.2 Å². The van der Waals surface area contributed by atoms with Crippen molar-refractivity contribution in [3.63, 3.8) is 0 Å². The van der Waals surface area contributed by atoms with Crippen LogP contribution in [-0.4, -0.2) is 60.5 Å².